The number of esters is 1. The molecule has 31 heavy (non-hydrogen) atoms. The van der Waals surface area contributed by atoms with Crippen LogP contribution in [0.5, 0.6) is 0 Å². The third-order valence-corrected chi connectivity index (χ3v) is 3.98. The lowest BCUT2D eigenvalue weighted by atomic mass is 10.1. The number of methoxy groups -OCH3 is 1. The van der Waals surface area contributed by atoms with Crippen molar-refractivity contribution in [3.05, 3.63) is 35.9 Å². The molecule has 1 aromatic carbocycles. The lowest BCUT2D eigenvalue weighted by Gasteiger charge is -2.19. The average Bonchev–Trinajstić information content (AvgIpc) is 2.76. The van der Waals surface area contributed by atoms with E-state index in [4.69, 9.17) is 36.4 Å². The summed E-state index contributed by atoms with van der Waals surface area (Å²) in [6.45, 7) is -1.28. The van der Waals surface area contributed by atoms with Crippen LogP contribution in [0, 0.1) is 0 Å². The topological polar surface area (TPSA) is 220 Å². The molecule has 9 N–H and O–H groups in total. The number of aliphatic hydroxyl groups excluding tert-OH is 5. The molecule has 12 nitrogen and oxygen atoms in total. The van der Waals surface area contributed by atoms with Crippen LogP contribution < -0.4 is 11.1 Å². The molecule has 0 unspecified atom stereocenters. The first-order valence-electron chi connectivity index (χ1n) is 9.22. The standard InChI is InChI=1S/C14H18N2O5.C5H12O5/c1-21-14(20)11(7-9-5-3-2-4-6-9)16-13(19)10(15)8-12(17)18;6-1-3(8)5(10)4(9)2-7/h2-6,10-11H,7-8,15H2,1H3,(H,16,19)(H,17,18);3-10H,1-2H2/t10-,11-;3-,4+,5+/m0./s1. The lowest BCUT2D eigenvalue weighted by Crippen LogP contribution is -2.50. The first-order valence-corrected chi connectivity index (χ1v) is 9.22. The van der Waals surface area contributed by atoms with Gasteiger partial charge in [0, 0.05) is 6.42 Å². The number of carbonyl (C=O) groups is 3. The number of rotatable bonds is 11. The number of amides is 1. The van der Waals surface area contributed by atoms with Crippen molar-refractivity contribution in [1.29, 1.82) is 0 Å². The predicted octanol–water partition coefficient (Wildman–Crippen LogP) is -3.26. The Labute approximate surface area is 178 Å². The van der Waals surface area contributed by atoms with E-state index in [2.05, 4.69) is 10.1 Å². The Hall–Kier alpha value is -2.61. The molecule has 176 valence electrons. The number of hydrogen-bond donors (Lipinski definition) is 8. The monoisotopic (exact) mass is 446 g/mol. The minimum Gasteiger partial charge on any atom is -0.481 e. The Morgan fingerprint density at radius 2 is 1.55 bits per heavy atom. The fraction of sp³-hybridized carbons (Fsp3) is 0.526. The number of ether oxygens (including phenoxy) is 1. The van der Waals surface area contributed by atoms with Crippen LogP contribution >= 0.6 is 0 Å². The SMILES string of the molecule is COC(=O)[C@H](Cc1ccccc1)NC(=O)[C@@H](N)CC(=O)O.OC[C@@H](O)[C@H](O)[C@@H](O)CO. The van der Waals surface area contributed by atoms with Crippen LogP contribution in [0.15, 0.2) is 30.3 Å². The third-order valence-electron chi connectivity index (χ3n) is 3.98. The fourth-order valence-corrected chi connectivity index (χ4v) is 2.22. The number of nitrogens with one attached hydrogen (secondary N) is 1. The molecule has 0 saturated heterocycles. The van der Waals surface area contributed by atoms with Gasteiger partial charge in [-0.1, -0.05) is 30.3 Å². The second-order valence-corrected chi connectivity index (χ2v) is 6.47. The zero-order valence-electron chi connectivity index (χ0n) is 17.0. The first kappa shape index (κ1) is 28.4. The summed E-state index contributed by atoms with van der Waals surface area (Å²) in [6.07, 6.45) is -4.57. The van der Waals surface area contributed by atoms with Gasteiger partial charge in [-0.25, -0.2) is 4.79 Å². The molecule has 1 rings (SSSR count). The van der Waals surface area contributed by atoms with Crippen molar-refractivity contribution in [1.82, 2.24) is 5.32 Å². The minimum absolute atomic E-state index is 0.235. The van der Waals surface area contributed by atoms with Crippen molar-refractivity contribution in [2.75, 3.05) is 20.3 Å². The van der Waals surface area contributed by atoms with Gasteiger partial charge in [-0.3, -0.25) is 9.59 Å². The highest BCUT2D eigenvalue weighted by molar-refractivity contribution is 5.89. The van der Waals surface area contributed by atoms with Gasteiger partial charge in [0.15, 0.2) is 0 Å². The molecule has 0 aliphatic heterocycles. The Kier molecular flexibility index (Phi) is 13.9. The molecule has 0 radical (unpaired) electrons. The van der Waals surface area contributed by atoms with E-state index in [1.807, 2.05) is 18.2 Å². The van der Waals surface area contributed by atoms with E-state index in [0.29, 0.717) is 0 Å². The van der Waals surface area contributed by atoms with Gasteiger partial charge in [-0.2, -0.15) is 0 Å². The van der Waals surface area contributed by atoms with Crippen molar-refractivity contribution in [3.63, 3.8) is 0 Å². The van der Waals surface area contributed by atoms with Crippen molar-refractivity contribution >= 4 is 17.8 Å². The summed E-state index contributed by atoms with van der Waals surface area (Å²) in [5.41, 5.74) is 6.29. The smallest absolute Gasteiger partial charge is 0.328 e. The molecule has 0 aliphatic carbocycles. The Balaban J connectivity index is 0.000000759. The molecule has 0 bridgehead atoms. The normalized spacial score (nSPS) is 15.3. The van der Waals surface area contributed by atoms with Crippen molar-refractivity contribution < 1.29 is 49.8 Å². The highest BCUT2D eigenvalue weighted by atomic mass is 16.5. The summed E-state index contributed by atoms with van der Waals surface area (Å²) in [7, 11) is 1.21. The number of aliphatic carboxylic acids is 1. The van der Waals surface area contributed by atoms with E-state index >= 15 is 0 Å². The van der Waals surface area contributed by atoms with E-state index in [-0.39, 0.29) is 6.42 Å². The molecule has 0 fully saturated rings. The van der Waals surface area contributed by atoms with Gasteiger partial charge in [-0.05, 0) is 5.56 Å². The Morgan fingerprint density at radius 1 is 1.03 bits per heavy atom. The molecule has 0 aromatic heterocycles. The van der Waals surface area contributed by atoms with Gasteiger partial charge in [0.25, 0.3) is 0 Å². The van der Waals surface area contributed by atoms with Crippen LogP contribution in [-0.2, 0) is 25.5 Å². The number of aliphatic hydroxyl groups is 5. The lowest BCUT2D eigenvalue weighted by molar-refractivity contribution is -0.145. The van der Waals surface area contributed by atoms with E-state index < -0.39 is 67.9 Å². The van der Waals surface area contributed by atoms with E-state index in [1.54, 1.807) is 12.1 Å². The van der Waals surface area contributed by atoms with Gasteiger partial charge < -0.3 is 46.4 Å². The molecule has 0 spiro atoms. The van der Waals surface area contributed by atoms with Crippen LogP contribution in [0.2, 0.25) is 0 Å². The second-order valence-electron chi connectivity index (χ2n) is 6.47. The number of benzene rings is 1. The summed E-state index contributed by atoms with van der Waals surface area (Å²) >= 11 is 0. The largest absolute Gasteiger partial charge is 0.481 e. The highest BCUT2D eigenvalue weighted by Crippen LogP contribution is 2.05. The van der Waals surface area contributed by atoms with E-state index in [0.717, 1.165) is 5.56 Å². The Bertz CT molecular complexity index is 663. The maximum absolute atomic E-state index is 11.8. The van der Waals surface area contributed by atoms with Crippen LogP contribution in [0.3, 0.4) is 0 Å². The minimum atomic E-state index is -1.49. The van der Waals surface area contributed by atoms with Crippen molar-refractivity contribution in [2.45, 2.75) is 43.2 Å². The van der Waals surface area contributed by atoms with Crippen LogP contribution in [0.25, 0.3) is 0 Å². The van der Waals surface area contributed by atoms with Crippen molar-refractivity contribution in [2.24, 2.45) is 5.73 Å². The summed E-state index contributed by atoms with van der Waals surface area (Å²) in [5.74, 6) is -2.51. The van der Waals surface area contributed by atoms with Gasteiger partial charge >= 0.3 is 11.9 Å². The third kappa shape index (κ3) is 11.4. The molecule has 1 aromatic rings. The molecule has 0 aliphatic rings. The van der Waals surface area contributed by atoms with Gasteiger partial charge in [-0.15, -0.1) is 0 Å². The number of carbonyl (C=O) groups excluding carboxylic acids is 2. The summed E-state index contributed by atoms with van der Waals surface area (Å²) in [5, 5.41) is 53.6. The number of carboxylic acid groups (broad SMARTS) is 1. The number of nitrogens with two attached hydrogens (primary N) is 1. The van der Waals surface area contributed by atoms with Gasteiger partial charge in [0.1, 0.15) is 24.4 Å². The Morgan fingerprint density at radius 3 is 1.97 bits per heavy atom. The second kappa shape index (κ2) is 15.2. The maximum atomic E-state index is 11.8. The molecule has 0 saturated carbocycles. The first-order chi connectivity index (χ1) is 14.6. The zero-order chi connectivity index (χ0) is 24.0. The van der Waals surface area contributed by atoms with E-state index in [9.17, 15) is 14.4 Å². The van der Waals surface area contributed by atoms with Crippen LogP contribution in [-0.4, -0.2) is 99.2 Å². The van der Waals surface area contributed by atoms with Gasteiger partial charge in [0.2, 0.25) is 5.91 Å². The number of carboxylic acids is 1. The highest BCUT2D eigenvalue weighted by Gasteiger charge is 2.26. The van der Waals surface area contributed by atoms with Gasteiger partial charge in [0.05, 0.1) is 32.8 Å². The quantitative estimate of drug-likeness (QED) is 0.158. The maximum Gasteiger partial charge on any atom is 0.328 e. The van der Waals surface area contributed by atoms with Crippen LogP contribution in [0.1, 0.15) is 12.0 Å². The molecular weight excluding hydrogens is 416 g/mol. The molecule has 5 atom stereocenters. The summed E-state index contributed by atoms with van der Waals surface area (Å²) in [4.78, 5) is 34.0. The van der Waals surface area contributed by atoms with E-state index in [1.165, 1.54) is 7.11 Å². The van der Waals surface area contributed by atoms with Crippen molar-refractivity contribution in [3.8, 4) is 0 Å². The van der Waals surface area contributed by atoms with Crippen LogP contribution in [0.4, 0.5) is 0 Å². The zero-order valence-corrected chi connectivity index (χ0v) is 17.0. The average molecular weight is 446 g/mol. The molecule has 1 amide bonds. The molecule has 12 heteroatoms. The summed E-state index contributed by atoms with van der Waals surface area (Å²) < 4.78 is 4.64. The number of hydrogen-bond acceptors (Lipinski definition) is 10. The summed E-state index contributed by atoms with van der Waals surface area (Å²) in [6, 6.07) is 6.93. The fourth-order valence-electron chi connectivity index (χ4n) is 2.22. The molecular formula is C19H30N2O10. The molecule has 0 heterocycles. The predicted molar refractivity (Wildman–Crippen MR) is 107 cm³/mol.